The Balaban J connectivity index is 2.31. The molecule has 1 fully saturated rings. The van der Waals surface area contributed by atoms with Crippen molar-refractivity contribution in [1.29, 1.82) is 0 Å². The normalized spacial score (nSPS) is 20.7. The molecule has 0 saturated carbocycles. The zero-order valence-corrected chi connectivity index (χ0v) is 14.5. The van der Waals surface area contributed by atoms with Gasteiger partial charge in [-0.1, -0.05) is 6.07 Å². The molecule has 1 aliphatic heterocycles. The maximum Gasteiger partial charge on any atom is 0.243 e. The van der Waals surface area contributed by atoms with Crippen molar-refractivity contribution in [3.05, 3.63) is 24.3 Å². The first kappa shape index (κ1) is 17.7. The van der Waals surface area contributed by atoms with Crippen molar-refractivity contribution in [3.63, 3.8) is 0 Å². The first-order valence-corrected chi connectivity index (χ1v) is 8.87. The Kier molecular flexibility index (Phi) is 5.61. The lowest BCUT2D eigenvalue weighted by Gasteiger charge is -2.23. The minimum absolute atomic E-state index is 0.149. The van der Waals surface area contributed by atoms with Crippen molar-refractivity contribution in [3.8, 4) is 5.75 Å². The van der Waals surface area contributed by atoms with E-state index in [0.717, 1.165) is 0 Å². The Morgan fingerprint density at radius 1 is 1.30 bits per heavy atom. The molecule has 1 amide bonds. The van der Waals surface area contributed by atoms with Gasteiger partial charge in [-0.15, -0.1) is 0 Å². The second-order valence-electron chi connectivity index (χ2n) is 5.62. The molecule has 1 unspecified atom stereocenters. The standard InChI is InChI=1S/C15H23N3O4S/c1-16-15(19)12-10-17(2)7-8-18(11-12)23(20,21)14-6-4-5-13(9-14)22-3/h4-6,9,12H,7-8,10-11H2,1-3H3,(H,16,19). The minimum atomic E-state index is -3.67. The molecule has 1 atom stereocenters. The number of ether oxygens (including phenoxy) is 1. The summed E-state index contributed by atoms with van der Waals surface area (Å²) in [6.45, 7) is 1.63. The van der Waals surface area contributed by atoms with Crippen molar-refractivity contribution < 1.29 is 17.9 Å². The minimum Gasteiger partial charge on any atom is -0.497 e. The smallest absolute Gasteiger partial charge is 0.243 e. The van der Waals surface area contributed by atoms with Crippen molar-refractivity contribution in [2.75, 3.05) is 47.4 Å². The molecule has 1 aromatic rings. The molecule has 1 aliphatic rings. The first-order chi connectivity index (χ1) is 10.9. The average Bonchev–Trinajstić information content (AvgIpc) is 2.76. The number of nitrogens with zero attached hydrogens (tertiary/aromatic N) is 2. The summed E-state index contributed by atoms with van der Waals surface area (Å²) in [4.78, 5) is 14.1. The van der Waals surface area contributed by atoms with Crippen LogP contribution in [0.15, 0.2) is 29.2 Å². The van der Waals surface area contributed by atoms with Crippen LogP contribution in [0.4, 0.5) is 0 Å². The van der Waals surface area contributed by atoms with Crippen LogP contribution in [0.3, 0.4) is 0 Å². The number of carbonyl (C=O) groups is 1. The third kappa shape index (κ3) is 4.01. The molecule has 0 aliphatic carbocycles. The molecule has 0 spiro atoms. The molecular weight excluding hydrogens is 318 g/mol. The van der Waals surface area contributed by atoms with E-state index in [1.54, 1.807) is 25.2 Å². The highest BCUT2D eigenvalue weighted by Gasteiger charge is 2.33. The van der Waals surface area contributed by atoms with E-state index in [4.69, 9.17) is 4.74 Å². The number of benzene rings is 1. The molecule has 1 N–H and O–H groups in total. The van der Waals surface area contributed by atoms with E-state index >= 15 is 0 Å². The summed E-state index contributed by atoms with van der Waals surface area (Å²) in [7, 11) is 1.28. The van der Waals surface area contributed by atoms with Crippen LogP contribution in [-0.2, 0) is 14.8 Å². The lowest BCUT2D eigenvalue weighted by Crippen LogP contribution is -2.41. The molecule has 23 heavy (non-hydrogen) atoms. The quantitative estimate of drug-likeness (QED) is 0.834. The molecule has 1 saturated heterocycles. The first-order valence-electron chi connectivity index (χ1n) is 7.43. The Morgan fingerprint density at radius 2 is 2.04 bits per heavy atom. The number of hydrogen-bond donors (Lipinski definition) is 1. The molecule has 128 valence electrons. The van der Waals surface area contributed by atoms with Crippen LogP contribution in [0, 0.1) is 5.92 Å². The lowest BCUT2D eigenvalue weighted by molar-refractivity contribution is -0.124. The number of rotatable bonds is 4. The molecular formula is C15H23N3O4S. The summed E-state index contributed by atoms with van der Waals surface area (Å²) in [6.07, 6.45) is 0. The van der Waals surface area contributed by atoms with Crippen LogP contribution < -0.4 is 10.1 Å². The van der Waals surface area contributed by atoms with Gasteiger partial charge in [0.2, 0.25) is 15.9 Å². The van der Waals surface area contributed by atoms with Crippen molar-refractivity contribution in [2.24, 2.45) is 5.92 Å². The van der Waals surface area contributed by atoms with E-state index in [1.165, 1.54) is 17.5 Å². The van der Waals surface area contributed by atoms with Crippen LogP contribution in [0.25, 0.3) is 0 Å². The van der Waals surface area contributed by atoms with E-state index in [9.17, 15) is 13.2 Å². The van der Waals surface area contributed by atoms with Crippen LogP contribution in [0.5, 0.6) is 5.75 Å². The Labute approximate surface area is 137 Å². The molecule has 0 bridgehead atoms. The third-order valence-corrected chi connectivity index (χ3v) is 5.84. The molecule has 0 radical (unpaired) electrons. The maximum atomic E-state index is 12.9. The summed E-state index contributed by atoms with van der Waals surface area (Å²) >= 11 is 0. The second-order valence-corrected chi connectivity index (χ2v) is 7.55. The highest BCUT2D eigenvalue weighted by Crippen LogP contribution is 2.23. The second kappa shape index (κ2) is 7.29. The summed E-state index contributed by atoms with van der Waals surface area (Å²) < 4.78 is 32.3. The van der Waals surface area contributed by atoms with Crippen LogP contribution >= 0.6 is 0 Å². The number of carbonyl (C=O) groups excluding carboxylic acids is 1. The Hall–Kier alpha value is -1.64. The lowest BCUT2D eigenvalue weighted by atomic mass is 10.1. The number of nitrogens with one attached hydrogen (secondary N) is 1. The number of amides is 1. The van der Waals surface area contributed by atoms with Crippen LogP contribution in [0.1, 0.15) is 0 Å². The summed E-state index contributed by atoms with van der Waals surface area (Å²) in [5.41, 5.74) is 0. The van der Waals surface area contributed by atoms with Gasteiger partial charge in [-0.2, -0.15) is 4.31 Å². The fourth-order valence-electron chi connectivity index (χ4n) is 2.64. The average molecular weight is 341 g/mol. The Morgan fingerprint density at radius 3 is 2.70 bits per heavy atom. The van der Waals surface area contributed by atoms with Gasteiger partial charge in [-0.3, -0.25) is 4.79 Å². The molecule has 1 heterocycles. The number of hydrogen-bond acceptors (Lipinski definition) is 5. The fourth-order valence-corrected chi connectivity index (χ4v) is 4.16. The van der Waals surface area contributed by atoms with E-state index < -0.39 is 15.9 Å². The zero-order chi connectivity index (χ0) is 17.0. The van der Waals surface area contributed by atoms with Gasteiger partial charge in [0.1, 0.15) is 5.75 Å². The van der Waals surface area contributed by atoms with E-state index in [2.05, 4.69) is 5.32 Å². The van der Waals surface area contributed by atoms with Crippen LogP contribution in [-0.4, -0.2) is 70.9 Å². The highest BCUT2D eigenvalue weighted by atomic mass is 32.2. The molecule has 1 aromatic carbocycles. The molecule has 2 rings (SSSR count). The Bertz CT molecular complexity index is 662. The highest BCUT2D eigenvalue weighted by molar-refractivity contribution is 7.89. The van der Waals surface area contributed by atoms with Gasteiger partial charge >= 0.3 is 0 Å². The van der Waals surface area contributed by atoms with E-state index in [1.807, 2.05) is 11.9 Å². The topological polar surface area (TPSA) is 79.0 Å². The van der Waals surface area contributed by atoms with Gasteiger partial charge in [-0.05, 0) is 19.2 Å². The van der Waals surface area contributed by atoms with Gasteiger partial charge in [0, 0.05) is 39.3 Å². The summed E-state index contributed by atoms with van der Waals surface area (Å²) in [6, 6.07) is 6.38. The number of likely N-dealkylation sites (N-methyl/N-ethyl adjacent to an activating group) is 1. The van der Waals surface area contributed by atoms with Crippen molar-refractivity contribution in [1.82, 2.24) is 14.5 Å². The van der Waals surface area contributed by atoms with Gasteiger partial charge in [0.25, 0.3) is 0 Å². The van der Waals surface area contributed by atoms with Crippen molar-refractivity contribution >= 4 is 15.9 Å². The zero-order valence-electron chi connectivity index (χ0n) is 13.7. The van der Waals surface area contributed by atoms with Crippen LogP contribution in [0.2, 0.25) is 0 Å². The third-order valence-electron chi connectivity index (χ3n) is 3.98. The van der Waals surface area contributed by atoms with Gasteiger partial charge in [-0.25, -0.2) is 8.42 Å². The predicted octanol–water partition coefficient (Wildman–Crippen LogP) is -0.00650. The maximum absolute atomic E-state index is 12.9. The number of methoxy groups -OCH3 is 1. The van der Waals surface area contributed by atoms with Gasteiger partial charge in [0.05, 0.1) is 17.9 Å². The van der Waals surface area contributed by atoms with Gasteiger partial charge < -0.3 is 15.0 Å². The predicted molar refractivity (Wildman–Crippen MR) is 86.8 cm³/mol. The number of sulfonamides is 1. The SMILES string of the molecule is CNC(=O)C1CN(C)CCN(S(=O)(=O)c2cccc(OC)c2)C1. The molecule has 0 aromatic heterocycles. The van der Waals surface area contributed by atoms with E-state index in [-0.39, 0.29) is 17.3 Å². The fraction of sp³-hybridized carbons (Fsp3) is 0.533. The van der Waals surface area contributed by atoms with Crippen molar-refractivity contribution in [2.45, 2.75) is 4.90 Å². The monoisotopic (exact) mass is 341 g/mol. The van der Waals surface area contributed by atoms with Gasteiger partial charge in [0.15, 0.2) is 0 Å². The van der Waals surface area contributed by atoms with E-state index in [0.29, 0.717) is 25.4 Å². The summed E-state index contributed by atoms with van der Waals surface area (Å²) in [5.74, 6) is -0.0571. The molecule has 7 nitrogen and oxygen atoms in total. The largest absolute Gasteiger partial charge is 0.497 e. The molecule has 8 heteroatoms. The summed E-state index contributed by atoms with van der Waals surface area (Å²) in [5, 5.41) is 2.61.